The van der Waals surface area contributed by atoms with Crippen molar-refractivity contribution in [1.82, 2.24) is 24.5 Å². The Kier molecular flexibility index (Phi) is 9.07. The maximum absolute atomic E-state index is 7.05. The van der Waals surface area contributed by atoms with Crippen LogP contribution in [0, 0.1) is 0 Å². The van der Waals surface area contributed by atoms with Gasteiger partial charge < -0.3 is 14.0 Å². The van der Waals surface area contributed by atoms with Gasteiger partial charge in [0.05, 0.1) is 33.0 Å². The summed E-state index contributed by atoms with van der Waals surface area (Å²) in [5, 5.41) is 11.7. The van der Waals surface area contributed by atoms with Crippen molar-refractivity contribution in [3.8, 4) is 62.1 Å². The van der Waals surface area contributed by atoms with Gasteiger partial charge in [-0.15, -0.1) is 22.7 Å². The minimum atomic E-state index is 0.591. The third kappa shape index (κ3) is 6.43. The molecule has 6 nitrogen and oxygen atoms in total. The fourth-order valence-electron chi connectivity index (χ4n) is 12.1. The Balaban J connectivity index is 0.940. The molecule has 0 atom stereocenters. The number of benzene rings is 11. The molecule has 0 saturated heterocycles. The number of hydrogen-bond donors (Lipinski definition) is 1. The molecule has 0 aliphatic heterocycles. The topological polar surface area (TPSA) is 72.5 Å². The highest BCUT2D eigenvalue weighted by molar-refractivity contribution is 7.26. The molecular formula is C69H39N5OS2. The van der Waals surface area contributed by atoms with Gasteiger partial charge in [-0.3, -0.25) is 0 Å². The van der Waals surface area contributed by atoms with E-state index in [1.807, 2.05) is 0 Å². The molecule has 8 heteroatoms. The van der Waals surface area contributed by atoms with Crippen LogP contribution in [0.2, 0.25) is 0 Å². The second kappa shape index (κ2) is 16.4. The van der Waals surface area contributed by atoms with Gasteiger partial charge in [0, 0.05) is 95.2 Å². The first kappa shape index (κ1) is 42.6. The van der Waals surface area contributed by atoms with Crippen molar-refractivity contribution in [3.63, 3.8) is 0 Å². The Hall–Kier alpha value is -9.73. The van der Waals surface area contributed by atoms with Crippen molar-refractivity contribution < 1.29 is 4.42 Å². The smallest absolute Gasteiger partial charge is 0.164 e. The van der Waals surface area contributed by atoms with Gasteiger partial charge in [-0.25, -0.2) is 15.0 Å². The molecule has 77 heavy (non-hydrogen) atoms. The van der Waals surface area contributed by atoms with Crippen LogP contribution in [-0.4, -0.2) is 24.5 Å². The fraction of sp³-hybridized carbons (Fsp3) is 0. The Bertz CT molecular complexity index is 5100. The maximum Gasteiger partial charge on any atom is 0.164 e. The van der Waals surface area contributed by atoms with Crippen molar-refractivity contribution in [1.29, 1.82) is 0 Å². The van der Waals surface area contributed by atoms with Gasteiger partial charge in [-0.2, -0.15) is 0 Å². The molecule has 0 spiro atoms. The summed E-state index contributed by atoms with van der Waals surface area (Å²) in [6, 6.07) is 82.7. The summed E-state index contributed by atoms with van der Waals surface area (Å²) in [5.41, 5.74) is 14.1. The zero-order chi connectivity index (χ0) is 50.3. The van der Waals surface area contributed by atoms with Gasteiger partial charge in [0.2, 0.25) is 0 Å². The Morgan fingerprint density at radius 3 is 1.49 bits per heavy atom. The van der Waals surface area contributed by atoms with Crippen LogP contribution in [0.4, 0.5) is 0 Å². The summed E-state index contributed by atoms with van der Waals surface area (Å²) in [5.74, 6) is 1.83. The molecule has 11 aromatic carbocycles. The van der Waals surface area contributed by atoms with Gasteiger partial charge >= 0.3 is 0 Å². The average Bonchev–Trinajstić information content (AvgIpc) is 4.52. The van der Waals surface area contributed by atoms with Gasteiger partial charge in [-0.1, -0.05) is 158 Å². The van der Waals surface area contributed by atoms with Crippen LogP contribution in [0.5, 0.6) is 0 Å². The first-order valence-electron chi connectivity index (χ1n) is 25.8. The lowest BCUT2D eigenvalue weighted by Gasteiger charge is -2.21. The predicted molar refractivity (Wildman–Crippen MR) is 324 cm³/mol. The van der Waals surface area contributed by atoms with Crippen molar-refractivity contribution >= 4 is 129 Å². The van der Waals surface area contributed by atoms with E-state index in [2.05, 4.69) is 240 Å². The highest BCUT2D eigenvalue weighted by Crippen LogP contribution is 2.48. The van der Waals surface area contributed by atoms with Crippen LogP contribution in [0.3, 0.4) is 0 Å². The SMILES string of the molecule is c1ccc(-c2cc(-c3nc(-c4ccc5c(c4)sc4ccccc45)nc(-c4ccc5c(c4)sc4ccccc45)n3)cc(-c3ccccc3)c2-n2c3ccccc3c3c4oc5ccc6c7ccccc7[nH]c6c5c4ccc32)cc1. The molecule has 0 bridgehead atoms. The number of thiophene rings is 2. The zero-order valence-corrected chi connectivity index (χ0v) is 42.6. The number of fused-ring (bicyclic) bond motifs is 17. The zero-order valence-electron chi connectivity index (χ0n) is 41.0. The molecule has 358 valence electrons. The minimum absolute atomic E-state index is 0.591. The summed E-state index contributed by atoms with van der Waals surface area (Å²) in [6.45, 7) is 0. The molecule has 0 radical (unpaired) electrons. The first-order chi connectivity index (χ1) is 38.1. The molecule has 17 rings (SSSR count). The average molecular weight is 1020 g/mol. The highest BCUT2D eigenvalue weighted by atomic mass is 32.1. The normalized spacial score (nSPS) is 12.2. The molecule has 1 N–H and O–H groups in total. The number of furan rings is 1. The number of H-pyrrole nitrogens is 1. The molecule has 6 aromatic heterocycles. The summed E-state index contributed by atoms with van der Waals surface area (Å²) < 4.78 is 14.4. The lowest BCUT2D eigenvalue weighted by Crippen LogP contribution is -2.04. The third-order valence-corrected chi connectivity index (χ3v) is 17.9. The van der Waals surface area contributed by atoms with Crippen molar-refractivity contribution in [2.45, 2.75) is 0 Å². The highest BCUT2D eigenvalue weighted by Gasteiger charge is 2.26. The molecule has 0 aliphatic rings. The lowest BCUT2D eigenvalue weighted by atomic mass is 9.92. The Labute approximate surface area is 447 Å². The minimum Gasteiger partial charge on any atom is -0.455 e. The van der Waals surface area contributed by atoms with E-state index in [0.717, 1.165) is 99.4 Å². The second-order valence-corrected chi connectivity index (χ2v) is 22.1. The van der Waals surface area contributed by atoms with Gasteiger partial charge in [0.25, 0.3) is 0 Å². The van der Waals surface area contributed by atoms with E-state index in [1.165, 1.54) is 51.1 Å². The Morgan fingerprint density at radius 2 is 0.857 bits per heavy atom. The molecule has 0 fully saturated rings. The number of aromatic amines is 1. The van der Waals surface area contributed by atoms with Gasteiger partial charge in [0.1, 0.15) is 11.2 Å². The lowest BCUT2D eigenvalue weighted by molar-refractivity contribution is 0.673. The number of nitrogens with zero attached hydrogens (tertiary/aromatic N) is 4. The van der Waals surface area contributed by atoms with Crippen LogP contribution < -0.4 is 0 Å². The van der Waals surface area contributed by atoms with Crippen molar-refractivity contribution in [2.75, 3.05) is 0 Å². The number of aromatic nitrogens is 5. The number of rotatable bonds is 6. The van der Waals surface area contributed by atoms with E-state index in [0.29, 0.717) is 17.5 Å². The molecule has 17 aromatic rings. The monoisotopic (exact) mass is 1020 g/mol. The molecular weight excluding hydrogens is 979 g/mol. The Morgan fingerprint density at radius 1 is 0.351 bits per heavy atom. The van der Waals surface area contributed by atoms with Crippen molar-refractivity contribution in [3.05, 3.63) is 231 Å². The van der Waals surface area contributed by atoms with Crippen LogP contribution in [0.1, 0.15) is 0 Å². The molecule has 0 amide bonds. The van der Waals surface area contributed by atoms with Crippen molar-refractivity contribution in [2.24, 2.45) is 0 Å². The number of nitrogens with one attached hydrogen (secondary N) is 1. The van der Waals surface area contributed by atoms with E-state index < -0.39 is 0 Å². The van der Waals surface area contributed by atoms with E-state index in [9.17, 15) is 0 Å². The van der Waals surface area contributed by atoms with Crippen LogP contribution in [-0.2, 0) is 0 Å². The predicted octanol–water partition coefficient (Wildman–Crippen LogP) is 19.6. The third-order valence-electron chi connectivity index (χ3n) is 15.6. The quantitative estimate of drug-likeness (QED) is 0.180. The van der Waals surface area contributed by atoms with E-state index >= 15 is 0 Å². The summed E-state index contributed by atoms with van der Waals surface area (Å²) in [6.07, 6.45) is 0. The fourth-order valence-corrected chi connectivity index (χ4v) is 14.4. The van der Waals surface area contributed by atoms with E-state index in [4.69, 9.17) is 19.4 Å². The van der Waals surface area contributed by atoms with Crippen LogP contribution in [0.25, 0.3) is 168 Å². The standard InChI is InChI=1S/C69H39N5OS2/c1-3-15-39(16-4-1)52-35-43(69-72-67(41-27-29-47-45-20-9-13-25-58(45)76-60(47)37-41)71-68(73-69)42-28-30-48-46-21-10-14-26-59(46)77-61(48)38-42)36-53(40-17-5-2-6-18-40)65(52)74-55-24-12-8-22-50(55)62-56(74)33-31-51-63-57(75-66(51)62)34-32-49-44-19-7-11-23-54(44)70-64(49)63/h1-38,70H. The summed E-state index contributed by atoms with van der Waals surface area (Å²) >= 11 is 3.60. The molecule has 0 unspecified atom stereocenters. The van der Waals surface area contributed by atoms with Gasteiger partial charge in [0.15, 0.2) is 17.5 Å². The number of para-hydroxylation sites is 2. The molecule has 6 heterocycles. The largest absolute Gasteiger partial charge is 0.455 e. The summed E-state index contributed by atoms with van der Waals surface area (Å²) in [4.78, 5) is 20.1. The second-order valence-electron chi connectivity index (χ2n) is 19.9. The maximum atomic E-state index is 7.05. The van der Waals surface area contributed by atoms with Crippen LogP contribution >= 0.6 is 22.7 Å². The van der Waals surface area contributed by atoms with E-state index in [-0.39, 0.29) is 0 Å². The first-order valence-corrected chi connectivity index (χ1v) is 27.5. The summed E-state index contributed by atoms with van der Waals surface area (Å²) in [7, 11) is 0. The number of hydrogen-bond acceptors (Lipinski definition) is 6. The van der Waals surface area contributed by atoms with Crippen LogP contribution in [0.15, 0.2) is 235 Å². The molecule has 0 aliphatic carbocycles. The van der Waals surface area contributed by atoms with Gasteiger partial charge in [-0.05, 0) is 83.9 Å². The molecule has 0 saturated carbocycles. The van der Waals surface area contributed by atoms with E-state index in [1.54, 1.807) is 22.7 Å².